The minimum absolute atomic E-state index is 0.0240. The zero-order valence-corrected chi connectivity index (χ0v) is 20.9. The summed E-state index contributed by atoms with van der Waals surface area (Å²) in [5.41, 5.74) is 1.62. The molecule has 3 aliphatic heterocycles. The lowest BCUT2D eigenvalue weighted by atomic mass is 10.1. The summed E-state index contributed by atoms with van der Waals surface area (Å²) in [7, 11) is 0. The first kappa shape index (κ1) is 24.2. The molecule has 0 saturated carbocycles. The van der Waals surface area contributed by atoms with Crippen molar-refractivity contribution in [3.8, 4) is 0 Å². The van der Waals surface area contributed by atoms with Crippen molar-refractivity contribution in [1.29, 1.82) is 0 Å². The number of hydrogen-bond donors (Lipinski definition) is 2. The summed E-state index contributed by atoms with van der Waals surface area (Å²) >= 11 is 0. The molecule has 2 N–H and O–H groups in total. The topological polar surface area (TPSA) is 105 Å². The zero-order valence-electron chi connectivity index (χ0n) is 20.9. The van der Waals surface area contributed by atoms with Gasteiger partial charge in [-0.05, 0) is 57.8 Å². The molecule has 0 aromatic carbocycles. The van der Waals surface area contributed by atoms with Crippen molar-refractivity contribution in [1.82, 2.24) is 19.9 Å². The lowest BCUT2D eigenvalue weighted by Gasteiger charge is -2.33. The van der Waals surface area contributed by atoms with Crippen LogP contribution in [0, 0.1) is 0 Å². The van der Waals surface area contributed by atoms with Crippen LogP contribution in [0.25, 0.3) is 11.0 Å². The molecular formula is C25H40N8O2. The highest BCUT2D eigenvalue weighted by molar-refractivity contribution is 5.95. The van der Waals surface area contributed by atoms with Gasteiger partial charge < -0.3 is 29.8 Å². The van der Waals surface area contributed by atoms with Crippen LogP contribution in [0.1, 0.15) is 57.8 Å². The van der Waals surface area contributed by atoms with Crippen molar-refractivity contribution in [2.24, 2.45) is 0 Å². The molecule has 10 heteroatoms. The molecular weight excluding hydrogens is 444 g/mol. The average molecular weight is 485 g/mol. The minimum Gasteiger partial charge on any atom is -0.395 e. The summed E-state index contributed by atoms with van der Waals surface area (Å²) in [6, 6.07) is 0. The molecule has 192 valence electrons. The average Bonchev–Trinajstić information content (AvgIpc) is 2.93. The Morgan fingerprint density at radius 2 is 1.00 bits per heavy atom. The van der Waals surface area contributed by atoms with Crippen LogP contribution >= 0.6 is 0 Å². The van der Waals surface area contributed by atoms with Gasteiger partial charge in [-0.3, -0.25) is 0 Å². The maximum atomic E-state index is 9.67. The third-order valence-corrected chi connectivity index (χ3v) is 7.46. The van der Waals surface area contributed by atoms with E-state index >= 15 is 0 Å². The van der Waals surface area contributed by atoms with Gasteiger partial charge in [-0.15, -0.1) is 0 Å². The van der Waals surface area contributed by atoms with Crippen LogP contribution in [0.15, 0.2) is 0 Å². The van der Waals surface area contributed by atoms with Gasteiger partial charge in [0.15, 0.2) is 11.6 Å². The molecule has 35 heavy (non-hydrogen) atoms. The predicted molar refractivity (Wildman–Crippen MR) is 140 cm³/mol. The molecule has 0 spiro atoms. The normalized spacial score (nSPS) is 19.4. The zero-order chi connectivity index (χ0) is 24.0. The van der Waals surface area contributed by atoms with E-state index in [1.54, 1.807) is 0 Å². The summed E-state index contributed by atoms with van der Waals surface area (Å²) in [6.45, 7) is 6.53. The van der Waals surface area contributed by atoms with E-state index in [-0.39, 0.29) is 13.2 Å². The molecule has 3 saturated heterocycles. The third kappa shape index (κ3) is 5.38. The Morgan fingerprint density at radius 3 is 1.51 bits per heavy atom. The standard InChI is InChI=1S/C25H40N8O2/c34-18-16-33(17-19-35)25-27-21-20(23(29-25)31-12-6-2-7-13-31)26-24(32-14-8-3-9-15-32)28-22(21)30-10-4-1-5-11-30/h34-35H,1-19H2. The van der Waals surface area contributed by atoms with E-state index in [0.717, 1.165) is 93.6 Å². The Labute approximate surface area is 208 Å². The van der Waals surface area contributed by atoms with E-state index in [4.69, 9.17) is 19.9 Å². The van der Waals surface area contributed by atoms with Crippen molar-refractivity contribution in [3.63, 3.8) is 0 Å². The predicted octanol–water partition coefficient (Wildman–Crippen LogP) is 2.18. The van der Waals surface area contributed by atoms with Crippen molar-refractivity contribution >= 4 is 34.6 Å². The van der Waals surface area contributed by atoms with Gasteiger partial charge in [0, 0.05) is 52.4 Å². The van der Waals surface area contributed by atoms with E-state index in [9.17, 15) is 10.2 Å². The molecule has 3 fully saturated rings. The van der Waals surface area contributed by atoms with Crippen LogP contribution in [0.3, 0.4) is 0 Å². The molecule has 2 aromatic rings. The van der Waals surface area contributed by atoms with Gasteiger partial charge in [-0.1, -0.05) is 0 Å². The Balaban J connectivity index is 1.69. The third-order valence-electron chi connectivity index (χ3n) is 7.46. The van der Waals surface area contributed by atoms with E-state index < -0.39 is 0 Å². The lowest BCUT2D eigenvalue weighted by Crippen LogP contribution is -2.36. The Morgan fingerprint density at radius 1 is 0.543 bits per heavy atom. The van der Waals surface area contributed by atoms with Gasteiger partial charge in [-0.25, -0.2) is 9.97 Å². The monoisotopic (exact) mass is 484 g/mol. The van der Waals surface area contributed by atoms with Crippen molar-refractivity contribution < 1.29 is 10.2 Å². The number of fused-ring (bicyclic) bond motifs is 1. The fourth-order valence-corrected chi connectivity index (χ4v) is 5.55. The quantitative estimate of drug-likeness (QED) is 0.579. The molecule has 5 heterocycles. The molecule has 0 aliphatic carbocycles. The van der Waals surface area contributed by atoms with Crippen molar-refractivity contribution in [2.45, 2.75) is 57.8 Å². The van der Waals surface area contributed by atoms with Crippen LogP contribution in [-0.4, -0.2) is 95.7 Å². The van der Waals surface area contributed by atoms with Crippen LogP contribution in [-0.2, 0) is 0 Å². The fourth-order valence-electron chi connectivity index (χ4n) is 5.55. The summed E-state index contributed by atoms with van der Waals surface area (Å²) < 4.78 is 0. The molecule has 3 aliphatic rings. The number of hydrogen-bond acceptors (Lipinski definition) is 10. The number of anilines is 4. The molecule has 0 atom stereocenters. The number of aliphatic hydroxyl groups excluding tert-OH is 2. The highest BCUT2D eigenvalue weighted by Gasteiger charge is 2.27. The largest absolute Gasteiger partial charge is 0.395 e. The number of aromatic nitrogens is 4. The van der Waals surface area contributed by atoms with Gasteiger partial charge in [0.05, 0.1) is 13.2 Å². The van der Waals surface area contributed by atoms with Gasteiger partial charge >= 0.3 is 0 Å². The van der Waals surface area contributed by atoms with Crippen molar-refractivity contribution in [2.75, 3.05) is 85.2 Å². The highest BCUT2D eigenvalue weighted by atomic mass is 16.3. The van der Waals surface area contributed by atoms with E-state index in [1.807, 2.05) is 4.90 Å². The first-order valence-corrected chi connectivity index (χ1v) is 13.6. The summed E-state index contributed by atoms with van der Waals surface area (Å²) in [5, 5.41) is 19.3. The van der Waals surface area contributed by atoms with Gasteiger partial charge in [-0.2, -0.15) is 9.97 Å². The van der Waals surface area contributed by atoms with Gasteiger partial charge in [0.25, 0.3) is 0 Å². The lowest BCUT2D eigenvalue weighted by molar-refractivity contribution is 0.280. The number of piperidine rings is 3. The molecule has 0 bridgehead atoms. The Kier molecular flexibility index (Phi) is 7.98. The number of aliphatic hydroxyl groups is 2. The maximum absolute atomic E-state index is 9.67. The first-order valence-electron chi connectivity index (χ1n) is 13.6. The summed E-state index contributed by atoms with van der Waals surface area (Å²) in [4.78, 5) is 29.2. The number of rotatable bonds is 8. The second kappa shape index (κ2) is 11.5. The molecule has 0 radical (unpaired) electrons. The molecule has 2 aromatic heterocycles. The number of nitrogens with zero attached hydrogens (tertiary/aromatic N) is 8. The van der Waals surface area contributed by atoms with E-state index in [2.05, 4.69) is 14.7 Å². The fraction of sp³-hybridized carbons (Fsp3) is 0.760. The molecule has 5 rings (SSSR count). The Bertz CT molecular complexity index is 966. The highest BCUT2D eigenvalue weighted by Crippen LogP contribution is 2.35. The van der Waals surface area contributed by atoms with Gasteiger partial charge in [0.1, 0.15) is 11.0 Å². The minimum atomic E-state index is -0.0240. The van der Waals surface area contributed by atoms with Crippen LogP contribution in [0.2, 0.25) is 0 Å². The first-order chi connectivity index (χ1) is 17.3. The second-order valence-electron chi connectivity index (χ2n) is 9.97. The smallest absolute Gasteiger partial charge is 0.228 e. The van der Waals surface area contributed by atoms with E-state index in [1.165, 1.54) is 32.1 Å². The summed E-state index contributed by atoms with van der Waals surface area (Å²) in [5.74, 6) is 3.11. The Hall–Kier alpha value is -2.46. The molecule has 10 nitrogen and oxygen atoms in total. The van der Waals surface area contributed by atoms with E-state index in [0.29, 0.717) is 19.0 Å². The summed E-state index contributed by atoms with van der Waals surface area (Å²) in [6.07, 6.45) is 10.7. The second-order valence-corrected chi connectivity index (χ2v) is 9.97. The van der Waals surface area contributed by atoms with Crippen LogP contribution in [0.4, 0.5) is 23.5 Å². The SMILES string of the molecule is OCCN(CCO)c1nc(N2CCCCC2)c2nc(N3CCCCC3)nc(N3CCCCC3)c2n1. The van der Waals surface area contributed by atoms with Crippen LogP contribution < -0.4 is 19.6 Å². The van der Waals surface area contributed by atoms with Gasteiger partial charge in [0.2, 0.25) is 11.9 Å². The van der Waals surface area contributed by atoms with Crippen LogP contribution in [0.5, 0.6) is 0 Å². The molecule has 0 amide bonds. The molecule has 0 unspecified atom stereocenters. The maximum Gasteiger partial charge on any atom is 0.228 e. The van der Waals surface area contributed by atoms with Crippen molar-refractivity contribution in [3.05, 3.63) is 0 Å².